The van der Waals surface area contributed by atoms with Crippen molar-refractivity contribution in [3.05, 3.63) is 52.4 Å². The van der Waals surface area contributed by atoms with Crippen LogP contribution in [-0.4, -0.2) is 28.1 Å². The van der Waals surface area contributed by atoms with Crippen LogP contribution in [0.1, 0.15) is 29.5 Å². The predicted molar refractivity (Wildman–Crippen MR) is 78.7 cm³/mol. The van der Waals surface area contributed by atoms with Crippen LogP contribution in [-0.2, 0) is 11.3 Å². The highest BCUT2D eigenvalue weighted by molar-refractivity contribution is 6.30. The molecule has 6 heteroatoms. The molecule has 0 saturated heterocycles. The number of aliphatic hydroxyl groups is 1. The summed E-state index contributed by atoms with van der Waals surface area (Å²) >= 11 is 5.79. The number of benzene rings is 1. The Bertz CT molecular complexity index is 610. The topological polar surface area (TPSA) is 66.6 Å². The summed E-state index contributed by atoms with van der Waals surface area (Å²) in [6, 6.07) is 8.57. The molecule has 1 unspecified atom stereocenters. The van der Waals surface area contributed by atoms with Gasteiger partial charge in [0.05, 0.1) is 19.1 Å². The van der Waals surface area contributed by atoms with E-state index in [2.05, 4.69) is 5.16 Å². The Kier molecular flexibility index (Phi) is 4.98. The third-order valence-corrected chi connectivity index (χ3v) is 3.38. The smallest absolute Gasteiger partial charge is 0.225 e. The third kappa shape index (κ3) is 4.31. The number of halogens is 1. The zero-order chi connectivity index (χ0) is 15.4. The number of amides is 1. The maximum Gasteiger partial charge on any atom is 0.225 e. The Balaban J connectivity index is 1.92. The van der Waals surface area contributed by atoms with Crippen LogP contribution in [0.25, 0.3) is 0 Å². The van der Waals surface area contributed by atoms with Crippen LogP contribution in [0, 0.1) is 6.92 Å². The summed E-state index contributed by atoms with van der Waals surface area (Å²) in [7, 11) is 1.67. The molecule has 0 spiro atoms. The number of nitrogens with zero attached hydrogens (tertiary/aromatic N) is 2. The summed E-state index contributed by atoms with van der Waals surface area (Å²) in [5, 5.41) is 14.5. The average Bonchev–Trinajstić information content (AvgIpc) is 2.84. The zero-order valence-corrected chi connectivity index (χ0v) is 12.7. The van der Waals surface area contributed by atoms with E-state index < -0.39 is 6.10 Å². The highest BCUT2D eigenvalue weighted by atomic mass is 35.5. The standard InChI is InChI=1S/C15H17ClN2O3/c1-10-7-13(17-21-10)9-18(2)15(20)8-14(19)11-3-5-12(16)6-4-11/h3-7,14,19H,8-9H2,1-2H3. The van der Waals surface area contributed by atoms with Crippen LogP contribution in [0.3, 0.4) is 0 Å². The zero-order valence-electron chi connectivity index (χ0n) is 11.9. The summed E-state index contributed by atoms with van der Waals surface area (Å²) in [5.41, 5.74) is 1.35. The van der Waals surface area contributed by atoms with Gasteiger partial charge >= 0.3 is 0 Å². The summed E-state index contributed by atoms with van der Waals surface area (Å²) in [5.74, 6) is 0.533. The molecule has 21 heavy (non-hydrogen) atoms. The van der Waals surface area contributed by atoms with Gasteiger partial charge in [0.1, 0.15) is 11.5 Å². The van der Waals surface area contributed by atoms with Crippen LogP contribution in [0.15, 0.2) is 34.9 Å². The largest absolute Gasteiger partial charge is 0.388 e. The quantitative estimate of drug-likeness (QED) is 0.922. The van der Waals surface area contributed by atoms with Gasteiger partial charge in [-0.15, -0.1) is 0 Å². The molecule has 0 aliphatic heterocycles. The Labute approximate surface area is 128 Å². The van der Waals surface area contributed by atoms with E-state index in [-0.39, 0.29) is 12.3 Å². The van der Waals surface area contributed by atoms with E-state index in [4.69, 9.17) is 16.1 Å². The van der Waals surface area contributed by atoms with Gasteiger partial charge in [-0.25, -0.2) is 0 Å². The highest BCUT2D eigenvalue weighted by Crippen LogP contribution is 2.20. The van der Waals surface area contributed by atoms with Crippen molar-refractivity contribution in [2.45, 2.75) is 26.0 Å². The van der Waals surface area contributed by atoms with Gasteiger partial charge < -0.3 is 14.5 Å². The molecule has 2 rings (SSSR count). The molecule has 0 aliphatic rings. The van der Waals surface area contributed by atoms with Gasteiger partial charge in [0.15, 0.2) is 0 Å². The van der Waals surface area contributed by atoms with Gasteiger partial charge in [-0.05, 0) is 24.6 Å². The molecule has 1 aromatic heterocycles. The van der Waals surface area contributed by atoms with E-state index in [1.165, 1.54) is 4.90 Å². The summed E-state index contributed by atoms with van der Waals surface area (Å²) in [6.07, 6.45) is -0.842. The van der Waals surface area contributed by atoms with E-state index >= 15 is 0 Å². The SMILES string of the molecule is Cc1cc(CN(C)C(=O)CC(O)c2ccc(Cl)cc2)no1. The first-order chi connectivity index (χ1) is 9.95. The first kappa shape index (κ1) is 15.5. The molecule has 5 nitrogen and oxygen atoms in total. The molecule has 0 fully saturated rings. The molecule has 1 heterocycles. The van der Waals surface area contributed by atoms with Gasteiger partial charge in [0.2, 0.25) is 5.91 Å². The van der Waals surface area contributed by atoms with Crippen molar-refractivity contribution in [3.63, 3.8) is 0 Å². The van der Waals surface area contributed by atoms with E-state index in [0.29, 0.717) is 28.6 Å². The fourth-order valence-electron chi connectivity index (χ4n) is 1.95. The third-order valence-electron chi connectivity index (χ3n) is 3.12. The minimum atomic E-state index is -0.851. The fraction of sp³-hybridized carbons (Fsp3) is 0.333. The molecule has 112 valence electrons. The van der Waals surface area contributed by atoms with Gasteiger partial charge in [0, 0.05) is 18.1 Å². The maximum absolute atomic E-state index is 12.1. The molecule has 0 aliphatic carbocycles. The Morgan fingerprint density at radius 3 is 2.67 bits per heavy atom. The van der Waals surface area contributed by atoms with Gasteiger partial charge in [0.25, 0.3) is 0 Å². The van der Waals surface area contributed by atoms with E-state index in [9.17, 15) is 9.90 Å². The highest BCUT2D eigenvalue weighted by Gasteiger charge is 2.17. The van der Waals surface area contributed by atoms with E-state index in [1.807, 2.05) is 0 Å². The second-order valence-corrected chi connectivity index (χ2v) is 5.39. The lowest BCUT2D eigenvalue weighted by Crippen LogP contribution is -2.27. The van der Waals surface area contributed by atoms with Crippen molar-refractivity contribution in [2.75, 3.05) is 7.05 Å². The van der Waals surface area contributed by atoms with Crippen LogP contribution >= 0.6 is 11.6 Å². The molecular weight excluding hydrogens is 292 g/mol. The molecule has 2 aromatic rings. The maximum atomic E-state index is 12.1. The van der Waals surface area contributed by atoms with Crippen LogP contribution < -0.4 is 0 Å². The summed E-state index contributed by atoms with van der Waals surface area (Å²) < 4.78 is 4.96. The van der Waals surface area contributed by atoms with Crippen molar-refractivity contribution in [1.29, 1.82) is 0 Å². The van der Waals surface area contributed by atoms with Gasteiger partial charge in [-0.1, -0.05) is 28.9 Å². The fourth-order valence-corrected chi connectivity index (χ4v) is 2.07. The number of aromatic nitrogens is 1. The van der Waals surface area contributed by atoms with Gasteiger partial charge in [-0.3, -0.25) is 4.79 Å². The van der Waals surface area contributed by atoms with E-state index in [0.717, 1.165) is 0 Å². The number of hydrogen-bond acceptors (Lipinski definition) is 4. The van der Waals surface area contributed by atoms with Crippen molar-refractivity contribution in [2.24, 2.45) is 0 Å². The molecule has 1 amide bonds. The van der Waals surface area contributed by atoms with E-state index in [1.54, 1.807) is 44.3 Å². The number of carbonyl (C=O) groups excluding carboxylic acids is 1. The second-order valence-electron chi connectivity index (χ2n) is 4.95. The second kappa shape index (κ2) is 6.74. The number of aryl methyl sites for hydroxylation is 1. The number of hydrogen-bond donors (Lipinski definition) is 1. The Morgan fingerprint density at radius 1 is 1.43 bits per heavy atom. The van der Waals surface area contributed by atoms with Crippen molar-refractivity contribution in [3.8, 4) is 0 Å². The molecule has 0 radical (unpaired) electrons. The number of rotatable bonds is 5. The normalized spacial score (nSPS) is 12.2. The first-order valence-electron chi connectivity index (χ1n) is 6.55. The minimum absolute atomic E-state index is 0.00889. The monoisotopic (exact) mass is 308 g/mol. The Hall–Kier alpha value is -1.85. The minimum Gasteiger partial charge on any atom is -0.388 e. The van der Waals surface area contributed by atoms with Crippen LogP contribution in [0.2, 0.25) is 5.02 Å². The summed E-state index contributed by atoms with van der Waals surface area (Å²) in [6.45, 7) is 2.14. The first-order valence-corrected chi connectivity index (χ1v) is 6.93. The number of carbonyl (C=O) groups is 1. The van der Waals surface area contributed by atoms with Crippen molar-refractivity contribution in [1.82, 2.24) is 10.1 Å². The van der Waals surface area contributed by atoms with Crippen molar-refractivity contribution < 1.29 is 14.4 Å². The Morgan fingerprint density at radius 2 is 2.10 bits per heavy atom. The lowest BCUT2D eigenvalue weighted by molar-refractivity contribution is -0.132. The summed E-state index contributed by atoms with van der Waals surface area (Å²) in [4.78, 5) is 13.6. The van der Waals surface area contributed by atoms with Crippen molar-refractivity contribution >= 4 is 17.5 Å². The molecule has 1 aromatic carbocycles. The van der Waals surface area contributed by atoms with Gasteiger partial charge in [-0.2, -0.15) is 0 Å². The predicted octanol–water partition coefficient (Wildman–Crippen LogP) is 2.72. The lowest BCUT2D eigenvalue weighted by Gasteiger charge is -2.18. The van der Waals surface area contributed by atoms with Crippen LogP contribution in [0.5, 0.6) is 0 Å². The van der Waals surface area contributed by atoms with Crippen LogP contribution in [0.4, 0.5) is 0 Å². The molecule has 0 saturated carbocycles. The number of aliphatic hydroxyl groups excluding tert-OH is 1. The molecule has 1 N–H and O–H groups in total. The molecular formula is C15H17ClN2O3. The molecule has 1 atom stereocenters. The lowest BCUT2D eigenvalue weighted by atomic mass is 10.1. The average molecular weight is 309 g/mol. The molecule has 0 bridgehead atoms.